The lowest BCUT2D eigenvalue weighted by Crippen LogP contribution is -2.31. The van der Waals surface area contributed by atoms with Crippen LogP contribution in [0.4, 0.5) is 0 Å². The summed E-state index contributed by atoms with van der Waals surface area (Å²) in [5, 5.41) is 12.4. The van der Waals surface area contributed by atoms with E-state index in [0.29, 0.717) is 11.3 Å². The molecule has 22 heavy (non-hydrogen) atoms. The molecule has 6 heteroatoms. The molecule has 0 fully saturated rings. The van der Waals surface area contributed by atoms with Gasteiger partial charge in [0.2, 0.25) is 0 Å². The molecular formula is C16H16ClNO3S. The van der Waals surface area contributed by atoms with Crippen LogP contribution in [0.5, 0.6) is 5.75 Å². The summed E-state index contributed by atoms with van der Waals surface area (Å²) in [5.41, 5.74) is 1.22. The Kier molecular flexibility index (Phi) is 5.57. The van der Waals surface area contributed by atoms with Crippen molar-refractivity contribution in [1.82, 2.24) is 5.32 Å². The first-order valence-electron chi connectivity index (χ1n) is 6.61. The Morgan fingerprint density at radius 3 is 2.55 bits per heavy atom. The van der Waals surface area contributed by atoms with Crippen molar-refractivity contribution in [3.63, 3.8) is 0 Å². The molecule has 0 unspecified atom stereocenters. The summed E-state index contributed by atoms with van der Waals surface area (Å²) in [6, 6.07) is 13.3. The van der Waals surface area contributed by atoms with E-state index >= 15 is 0 Å². The van der Waals surface area contributed by atoms with Gasteiger partial charge >= 0.3 is 0 Å². The number of amides is 1. The number of carbonyl (C=O) groups excluding carboxylic acids is 1. The second-order valence-electron chi connectivity index (χ2n) is 4.84. The smallest absolute Gasteiger partial charge is 0.251 e. The van der Waals surface area contributed by atoms with Gasteiger partial charge in [0.1, 0.15) is 5.75 Å². The fraction of sp³-hybridized carbons (Fsp3) is 0.188. The predicted molar refractivity (Wildman–Crippen MR) is 88.7 cm³/mol. The number of aromatic hydroxyl groups is 1. The van der Waals surface area contributed by atoms with Crippen LogP contribution in [0.25, 0.3) is 0 Å². The van der Waals surface area contributed by atoms with Gasteiger partial charge in [0, 0.05) is 28.4 Å². The van der Waals surface area contributed by atoms with E-state index in [1.165, 1.54) is 18.2 Å². The number of benzene rings is 2. The maximum atomic E-state index is 12.3. The number of carbonyl (C=O) groups is 1. The minimum Gasteiger partial charge on any atom is -0.506 e. The fourth-order valence-electron chi connectivity index (χ4n) is 2.03. The van der Waals surface area contributed by atoms with E-state index in [-0.39, 0.29) is 22.7 Å². The quantitative estimate of drug-likeness (QED) is 0.881. The molecule has 0 aliphatic heterocycles. The van der Waals surface area contributed by atoms with Crippen LogP contribution in [0, 0.1) is 0 Å². The topological polar surface area (TPSA) is 66.4 Å². The van der Waals surface area contributed by atoms with Gasteiger partial charge in [0.15, 0.2) is 0 Å². The minimum absolute atomic E-state index is 0.0764. The number of rotatable bonds is 5. The Morgan fingerprint density at radius 1 is 1.27 bits per heavy atom. The molecule has 2 rings (SSSR count). The molecule has 1 amide bonds. The summed E-state index contributed by atoms with van der Waals surface area (Å²) in [5.74, 6) is -0.0876. The second-order valence-corrected chi connectivity index (χ2v) is 6.73. The van der Waals surface area contributed by atoms with Crippen molar-refractivity contribution >= 4 is 28.3 Å². The Bertz CT molecular complexity index is 691. The van der Waals surface area contributed by atoms with Gasteiger partial charge in [0.05, 0.1) is 11.1 Å². The zero-order valence-electron chi connectivity index (χ0n) is 12.0. The van der Waals surface area contributed by atoms with Crippen molar-refractivity contribution in [3.05, 3.63) is 64.7 Å². The van der Waals surface area contributed by atoms with Crippen LogP contribution in [-0.4, -0.2) is 27.2 Å². The molecule has 0 spiro atoms. The normalized spacial score (nSPS) is 13.4. The molecule has 0 bridgehead atoms. The van der Waals surface area contributed by atoms with Gasteiger partial charge in [-0.3, -0.25) is 9.00 Å². The molecule has 2 aromatic carbocycles. The number of phenolic OH excluding ortho intramolecular Hbond substituents is 1. The molecule has 2 N–H and O–H groups in total. The van der Waals surface area contributed by atoms with Crippen molar-refractivity contribution in [3.8, 4) is 5.75 Å². The van der Waals surface area contributed by atoms with Gasteiger partial charge in [-0.2, -0.15) is 0 Å². The van der Waals surface area contributed by atoms with Crippen molar-refractivity contribution in [2.24, 2.45) is 0 Å². The van der Waals surface area contributed by atoms with Crippen LogP contribution in [0.2, 0.25) is 5.02 Å². The van der Waals surface area contributed by atoms with Gasteiger partial charge in [-0.25, -0.2) is 0 Å². The maximum absolute atomic E-state index is 12.3. The molecule has 2 aromatic rings. The highest BCUT2D eigenvalue weighted by Gasteiger charge is 2.17. The standard InChI is InChI=1S/C16H16ClNO3S/c1-22(21)10-14(11-5-3-2-4-6-11)18-16(20)12-7-8-15(19)13(17)9-12/h2-9,14,19H,10H2,1H3,(H,18,20)/t14-,22+/m0/s1. The van der Waals surface area contributed by atoms with Crippen molar-refractivity contribution in [2.75, 3.05) is 12.0 Å². The minimum atomic E-state index is -1.06. The summed E-state index contributed by atoms with van der Waals surface area (Å²) in [6.07, 6.45) is 1.60. The third-order valence-electron chi connectivity index (χ3n) is 3.12. The van der Waals surface area contributed by atoms with Crippen LogP contribution >= 0.6 is 11.6 Å². The van der Waals surface area contributed by atoms with E-state index in [1.807, 2.05) is 30.3 Å². The number of nitrogens with one attached hydrogen (secondary N) is 1. The lowest BCUT2D eigenvalue weighted by Gasteiger charge is -2.18. The number of halogens is 1. The van der Waals surface area contributed by atoms with E-state index < -0.39 is 10.8 Å². The predicted octanol–water partition coefficient (Wildman–Crippen LogP) is 2.90. The fourth-order valence-corrected chi connectivity index (χ4v) is 2.96. The molecule has 2 atom stereocenters. The number of hydrogen-bond donors (Lipinski definition) is 2. The van der Waals surface area contributed by atoms with Gasteiger partial charge in [0.25, 0.3) is 5.91 Å². The molecular weight excluding hydrogens is 322 g/mol. The zero-order chi connectivity index (χ0) is 16.1. The van der Waals surface area contributed by atoms with E-state index in [0.717, 1.165) is 5.56 Å². The molecule has 0 saturated heterocycles. The Balaban J connectivity index is 2.21. The monoisotopic (exact) mass is 337 g/mol. The molecule has 0 aliphatic rings. The third-order valence-corrected chi connectivity index (χ3v) is 4.22. The summed E-state index contributed by atoms with van der Waals surface area (Å²) in [6.45, 7) is 0. The highest BCUT2D eigenvalue weighted by molar-refractivity contribution is 7.84. The third kappa shape index (κ3) is 4.32. The summed E-state index contributed by atoms with van der Waals surface area (Å²) < 4.78 is 11.5. The van der Waals surface area contributed by atoms with Crippen LogP contribution in [0.15, 0.2) is 48.5 Å². The van der Waals surface area contributed by atoms with Gasteiger partial charge < -0.3 is 10.4 Å². The lowest BCUT2D eigenvalue weighted by molar-refractivity contribution is 0.0940. The molecule has 0 heterocycles. The van der Waals surface area contributed by atoms with Gasteiger partial charge in [-0.05, 0) is 23.8 Å². The SMILES string of the molecule is C[S@@](=O)C[C@H](NC(=O)c1ccc(O)c(Cl)c1)c1ccccc1. The molecule has 0 aromatic heterocycles. The van der Waals surface area contributed by atoms with Gasteiger partial charge in [-0.1, -0.05) is 41.9 Å². The summed E-state index contributed by atoms with van der Waals surface area (Å²) >= 11 is 5.82. The van der Waals surface area contributed by atoms with Crippen molar-refractivity contribution < 1.29 is 14.1 Å². The van der Waals surface area contributed by atoms with Crippen molar-refractivity contribution in [1.29, 1.82) is 0 Å². The average molecular weight is 338 g/mol. The average Bonchev–Trinajstić information content (AvgIpc) is 2.49. The number of phenols is 1. The molecule has 0 radical (unpaired) electrons. The van der Waals surface area contributed by atoms with E-state index in [4.69, 9.17) is 11.6 Å². The molecule has 4 nitrogen and oxygen atoms in total. The summed E-state index contributed by atoms with van der Waals surface area (Å²) in [7, 11) is -1.06. The largest absolute Gasteiger partial charge is 0.506 e. The Labute approximate surface area is 136 Å². The Morgan fingerprint density at radius 2 is 1.95 bits per heavy atom. The first-order chi connectivity index (χ1) is 10.5. The first kappa shape index (κ1) is 16.5. The first-order valence-corrected chi connectivity index (χ1v) is 8.72. The second kappa shape index (κ2) is 7.42. The van der Waals surface area contributed by atoms with Gasteiger partial charge in [-0.15, -0.1) is 0 Å². The molecule has 0 aliphatic carbocycles. The lowest BCUT2D eigenvalue weighted by atomic mass is 10.1. The summed E-state index contributed by atoms with van der Waals surface area (Å²) in [4.78, 5) is 12.3. The van der Waals surface area contributed by atoms with E-state index in [1.54, 1.807) is 6.26 Å². The molecule has 116 valence electrons. The van der Waals surface area contributed by atoms with Crippen LogP contribution in [0.3, 0.4) is 0 Å². The van der Waals surface area contributed by atoms with E-state index in [2.05, 4.69) is 5.32 Å². The van der Waals surface area contributed by atoms with Crippen LogP contribution in [0.1, 0.15) is 22.0 Å². The zero-order valence-corrected chi connectivity index (χ0v) is 13.5. The van der Waals surface area contributed by atoms with Crippen LogP contribution < -0.4 is 5.32 Å². The van der Waals surface area contributed by atoms with E-state index in [9.17, 15) is 14.1 Å². The van der Waals surface area contributed by atoms with Crippen molar-refractivity contribution in [2.45, 2.75) is 6.04 Å². The maximum Gasteiger partial charge on any atom is 0.251 e. The number of hydrogen-bond acceptors (Lipinski definition) is 3. The highest BCUT2D eigenvalue weighted by Crippen LogP contribution is 2.24. The highest BCUT2D eigenvalue weighted by atomic mass is 35.5. The van der Waals surface area contributed by atoms with Crippen LogP contribution in [-0.2, 0) is 10.8 Å². The molecule has 0 saturated carbocycles. The Hall–Kier alpha value is -1.85.